The molecule has 24 heavy (non-hydrogen) atoms. The van der Waals surface area contributed by atoms with Gasteiger partial charge in [-0.05, 0) is 42.8 Å². The second-order valence-corrected chi connectivity index (χ2v) is 5.22. The van der Waals surface area contributed by atoms with E-state index in [0.717, 1.165) is 12.8 Å². The second-order valence-electron chi connectivity index (χ2n) is 5.22. The van der Waals surface area contributed by atoms with Gasteiger partial charge in [-0.15, -0.1) is 0 Å². The van der Waals surface area contributed by atoms with Crippen LogP contribution in [0.15, 0.2) is 42.5 Å². The third-order valence-electron chi connectivity index (χ3n) is 3.37. The summed E-state index contributed by atoms with van der Waals surface area (Å²) in [7, 11) is 0. The van der Waals surface area contributed by atoms with Crippen molar-refractivity contribution >= 4 is 17.6 Å². The minimum atomic E-state index is -1.23. The molecule has 0 aliphatic rings. The molecule has 2 rings (SSSR count). The first kappa shape index (κ1) is 17.3. The maximum Gasteiger partial charge on any atom is 0.339 e. The maximum absolute atomic E-state index is 12.2. The summed E-state index contributed by atoms with van der Waals surface area (Å²) in [6.07, 6.45) is 2.02. The highest BCUT2D eigenvalue weighted by Crippen LogP contribution is 2.22. The molecular weight excluding hydrogens is 310 g/mol. The largest absolute Gasteiger partial charge is 0.507 e. The number of benzene rings is 2. The number of phenols is 1. The van der Waals surface area contributed by atoms with Gasteiger partial charge >= 0.3 is 5.97 Å². The van der Waals surface area contributed by atoms with Crippen molar-refractivity contribution in [3.63, 3.8) is 0 Å². The van der Waals surface area contributed by atoms with Crippen molar-refractivity contribution in [1.29, 1.82) is 0 Å². The third kappa shape index (κ3) is 4.49. The lowest BCUT2D eigenvalue weighted by Crippen LogP contribution is -2.12. The zero-order valence-electron chi connectivity index (χ0n) is 13.3. The van der Waals surface area contributed by atoms with Gasteiger partial charge in [-0.25, -0.2) is 4.79 Å². The van der Waals surface area contributed by atoms with Crippen LogP contribution >= 0.6 is 0 Å². The van der Waals surface area contributed by atoms with Crippen LogP contribution in [0, 0.1) is 0 Å². The molecule has 6 nitrogen and oxygen atoms in total. The van der Waals surface area contributed by atoms with Gasteiger partial charge in [-0.3, -0.25) is 4.79 Å². The number of hydrogen-bond acceptors (Lipinski definition) is 4. The first-order valence-corrected chi connectivity index (χ1v) is 7.61. The van der Waals surface area contributed by atoms with Crippen LogP contribution in [-0.4, -0.2) is 28.7 Å². The number of carbonyl (C=O) groups excluding carboxylic acids is 1. The summed E-state index contributed by atoms with van der Waals surface area (Å²) >= 11 is 0. The number of ether oxygens (including phenoxy) is 1. The van der Waals surface area contributed by atoms with Gasteiger partial charge in [-0.2, -0.15) is 0 Å². The predicted octanol–water partition coefficient (Wildman–Crippen LogP) is 3.52. The van der Waals surface area contributed by atoms with Crippen LogP contribution in [0.3, 0.4) is 0 Å². The summed E-state index contributed by atoms with van der Waals surface area (Å²) in [6.45, 7) is 2.72. The summed E-state index contributed by atoms with van der Waals surface area (Å²) < 4.78 is 5.53. The van der Waals surface area contributed by atoms with Gasteiger partial charge in [0.05, 0.1) is 6.61 Å². The molecule has 0 aromatic heterocycles. The van der Waals surface area contributed by atoms with E-state index in [0.29, 0.717) is 23.6 Å². The summed E-state index contributed by atoms with van der Waals surface area (Å²) in [4.78, 5) is 23.0. The van der Waals surface area contributed by atoms with Crippen LogP contribution < -0.4 is 10.1 Å². The number of unbranched alkanes of at least 4 members (excludes halogenated alkanes) is 1. The fourth-order valence-electron chi connectivity index (χ4n) is 2.03. The smallest absolute Gasteiger partial charge is 0.339 e. The van der Waals surface area contributed by atoms with E-state index in [4.69, 9.17) is 9.84 Å². The zero-order valence-corrected chi connectivity index (χ0v) is 13.3. The van der Waals surface area contributed by atoms with E-state index >= 15 is 0 Å². The standard InChI is InChI=1S/C18H19NO5/c1-2-3-10-24-14-7-4-12(5-8-14)17(21)19-13-6-9-15(18(22)23)16(20)11-13/h4-9,11,20H,2-3,10H2,1H3,(H,19,21)(H,22,23). The van der Waals surface area contributed by atoms with Crippen molar-refractivity contribution in [2.75, 3.05) is 11.9 Å². The van der Waals surface area contributed by atoms with Crippen LogP contribution in [-0.2, 0) is 0 Å². The van der Waals surface area contributed by atoms with Gasteiger partial charge < -0.3 is 20.3 Å². The predicted molar refractivity (Wildman–Crippen MR) is 89.9 cm³/mol. The van der Waals surface area contributed by atoms with Crippen LogP contribution in [0.2, 0.25) is 0 Å². The molecule has 0 aliphatic heterocycles. The fourth-order valence-corrected chi connectivity index (χ4v) is 2.03. The number of rotatable bonds is 7. The molecular formula is C18H19NO5. The van der Waals surface area contributed by atoms with Crippen LogP contribution in [0.1, 0.15) is 40.5 Å². The van der Waals surface area contributed by atoms with Crippen molar-refractivity contribution in [3.05, 3.63) is 53.6 Å². The Morgan fingerprint density at radius 2 is 1.83 bits per heavy atom. The molecule has 3 N–H and O–H groups in total. The summed E-state index contributed by atoms with van der Waals surface area (Å²) in [6, 6.07) is 10.6. The molecule has 0 aliphatic carbocycles. The molecule has 0 fully saturated rings. The van der Waals surface area contributed by atoms with Gasteiger partial charge in [0.15, 0.2) is 0 Å². The molecule has 2 aromatic carbocycles. The Labute approximate surface area is 139 Å². The quantitative estimate of drug-likeness (QED) is 0.675. The van der Waals surface area contributed by atoms with E-state index in [1.165, 1.54) is 18.2 Å². The van der Waals surface area contributed by atoms with E-state index in [2.05, 4.69) is 12.2 Å². The Bertz CT molecular complexity index is 725. The van der Waals surface area contributed by atoms with E-state index in [1.54, 1.807) is 24.3 Å². The number of carboxylic acids is 1. The highest BCUT2D eigenvalue weighted by Gasteiger charge is 2.12. The molecule has 1 amide bonds. The SMILES string of the molecule is CCCCOc1ccc(C(=O)Nc2ccc(C(=O)O)c(O)c2)cc1. The summed E-state index contributed by atoms with van der Waals surface area (Å²) in [5.41, 5.74) is 0.520. The number of nitrogens with one attached hydrogen (secondary N) is 1. The van der Waals surface area contributed by atoms with E-state index < -0.39 is 11.7 Å². The Hall–Kier alpha value is -3.02. The molecule has 0 saturated carbocycles. The lowest BCUT2D eigenvalue weighted by Gasteiger charge is -2.08. The Morgan fingerprint density at radius 1 is 1.12 bits per heavy atom. The first-order valence-electron chi connectivity index (χ1n) is 7.61. The molecule has 126 valence electrons. The maximum atomic E-state index is 12.2. The number of amides is 1. The number of carboxylic acid groups (broad SMARTS) is 1. The van der Waals surface area contributed by atoms with Gasteiger partial charge in [0, 0.05) is 17.3 Å². The van der Waals surface area contributed by atoms with Crippen LogP contribution in [0.4, 0.5) is 5.69 Å². The van der Waals surface area contributed by atoms with Crippen molar-refractivity contribution in [2.45, 2.75) is 19.8 Å². The Morgan fingerprint density at radius 3 is 2.42 bits per heavy atom. The molecule has 0 radical (unpaired) electrons. The third-order valence-corrected chi connectivity index (χ3v) is 3.37. The van der Waals surface area contributed by atoms with E-state index in [9.17, 15) is 14.7 Å². The normalized spacial score (nSPS) is 10.2. The fraction of sp³-hybridized carbons (Fsp3) is 0.222. The lowest BCUT2D eigenvalue weighted by atomic mass is 10.1. The minimum Gasteiger partial charge on any atom is -0.507 e. The van der Waals surface area contributed by atoms with Crippen molar-refractivity contribution in [3.8, 4) is 11.5 Å². The number of anilines is 1. The summed E-state index contributed by atoms with van der Waals surface area (Å²) in [5.74, 6) is -1.30. The van der Waals surface area contributed by atoms with Gasteiger partial charge in [-0.1, -0.05) is 13.3 Å². The molecule has 0 saturated heterocycles. The Balaban J connectivity index is 2.01. The van der Waals surface area contributed by atoms with E-state index in [1.807, 2.05) is 0 Å². The van der Waals surface area contributed by atoms with Crippen molar-refractivity contribution in [2.24, 2.45) is 0 Å². The number of aromatic carboxylic acids is 1. The molecule has 0 heterocycles. The molecule has 0 bridgehead atoms. The topological polar surface area (TPSA) is 95.9 Å². The van der Waals surface area contributed by atoms with Gasteiger partial charge in [0.2, 0.25) is 0 Å². The zero-order chi connectivity index (χ0) is 17.5. The van der Waals surface area contributed by atoms with Crippen LogP contribution in [0.25, 0.3) is 0 Å². The number of carbonyl (C=O) groups is 2. The van der Waals surface area contributed by atoms with Gasteiger partial charge in [0.1, 0.15) is 17.1 Å². The average molecular weight is 329 g/mol. The second kappa shape index (κ2) is 8.01. The molecule has 6 heteroatoms. The number of hydrogen-bond donors (Lipinski definition) is 3. The average Bonchev–Trinajstić information content (AvgIpc) is 2.55. The molecule has 0 atom stereocenters. The van der Waals surface area contributed by atoms with Crippen LogP contribution in [0.5, 0.6) is 11.5 Å². The lowest BCUT2D eigenvalue weighted by molar-refractivity contribution is 0.0693. The monoisotopic (exact) mass is 329 g/mol. The van der Waals surface area contributed by atoms with Crippen molar-refractivity contribution in [1.82, 2.24) is 0 Å². The summed E-state index contributed by atoms with van der Waals surface area (Å²) in [5, 5.41) is 21.1. The molecule has 0 unspecified atom stereocenters. The molecule has 2 aromatic rings. The van der Waals surface area contributed by atoms with Crippen molar-refractivity contribution < 1.29 is 24.5 Å². The first-order chi connectivity index (χ1) is 11.5. The number of aromatic hydroxyl groups is 1. The highest BCUT2D eigenvalue weighted by atomic mass is 16.5. The van der Waals surface area contributed by atoms with Gasteiger partial charge in [0.25, 0.3) is 5.91 Å². The van der Waals surface area contributed by atoms with E-state index in [-0.39, 0.29) is 11.5 Å². The molecule has 0 spiro atoms. The minimum absolute atomic E-state index is 0.221. The highest BCUT2D eigenvalue weighted by molar-refractivity contribution is 6.04. The Kier molecular flexibility index (Phi) is 5.78.